The van der Waals surface area contributed by atoms with Crippen molar-refractivity contribution in [2.75, 3.05) is 0 Å². The van der Waals surface area contributed by atoms with Crippen LogP contribution in [0.4, 0.5) is 0 Å². The summed E-state index contributed by atoms with van der Waals surface area (Å²) in [5, 5.41) is 5.90. The van der Waals surface area contributed by atoms with Crippen LogP contribution < -0.4 is 0 Å². The van der Waals surface area contributed by atoms with Crippen LogP contribution in [0.15, 0.2) is 76.8 Å². The fraction of sp³-hybridized carbons (Fsp3) is 0.143. The van der Waals surface area contributed by atoms with Gasteiger partial charge in [-0.2, -0.15) is 4.98 Å². The Morgan fingerprint density at radius 1 is 1.07 bits per heavy atom. The normalized spacial score (nSPS) is 11.9. The van der Waals surface area contributed by atoms with Crippen molar-refractivity contribution in [1.29, 1.82) is 0 Å². The van der Waals surface area contributed by atoms with Crippen molar-refractivity contribution in [2.45, 2.75) is 18.9 Å². The highest BCUT2D eigenvalue weighted by Crippen LogP contribution is 2.25. The largest absolute Gasteiger partial charge is 0.451 e. The third-order valence-corrected chi connectivity index (χ3v) is 4.93. The lowest BCUT2D eigenvalue weighted by atomic mass is 10.1. The zero-order chi connectivity index (χ0) is 19.2. The second kappa shape index (κ2) is 8.58. The molecule has 0 radical (unpaired) electrons. The molecule has 7 heteroatoms. The molecule has 0 aliphatic heterocycles. The average molecular weight is 391 g/mol. The van der Waals surface area contributed by atoms with E-state index in [1.54, 1.807) is 6.20 Å². The molecule has 4 rings (SSSR count). The first-order valence-electron chi connectivity index (χ1n) is 8.81. The van der Waals surface area contributed by atoms with Crippen molar-refractivity contribution >= 4 is 17.3 Å². The number of rotatable bonds is 7. The lowest BCUT2D eigenvalue weighted by Gasteiger charge is -2.17. The summed E-state index contributed by atoms with van der Waals surface area (Å²) in [6, 6.07) is 18.9. The van der Waals surface area contributed by atoms with E-state index in [4.69, 9.17) is 9.26 Å². The van der Waals surface area contributed by atoms with Crippen LogP contribution in [0.25, 0.3) is 10.7 Å². The van der Waals surface area contributed by atoms with Gasteiger partial charge >= 0.3 is 5.97 Å². The van der Waals surface area contributed by atoms with E-state index in [-0.39, 0.29) is 12.4 Å². The van der Waals surface area contributed by atoms with E-state index in [1.165, 1.54) is 11.3 Å². The molecule has 0 fully saturated rings. The van der Waals surface area contributed by atoms with Crippen LogP contribution in [-0.2, 0) is 16.0 Å². The third-order valence-electron chi connectivity index (χ3n) is 4.06. The number of esters is 1. The molecule has 1 atom stereocenters. The molecule has 0 saturated heterocycles. The highest BCUT2D eigenvalue weighted by molar-refractivity contribution is 7.13. The third kappa shape index (κ3) is 4.32. The van der Waals surface area contributed by atoms with E-state index < -0.39 is 6.10 Å². The first-order valence-corrected chi connectivity index (χ1v) is 9.69. The van der Waals surface area contributed by atoms with Crippen molar-refractivity contribution in [3.05, 3.63) is 89.4 Å². The maximum atomic E-state index is 12.5. The van der Waals surface area contributed by atoms with Crippen molar-refractivity contribution in [2.24, 2.45) is 0 Å². The summed E-state index contributed by atoms with van der Waals surface area (Å²) in [6.07, 6.45) is 1.59. The Morgan fingerprint density at radius 2 is 1.93 bits per heavy atom. The highest BCUT2D eigenvalue weighted by atomic mass is 32.1. The quantitative estimate of drug-likeness (QED) is 0.433. The predicted molar refractivity (Wildman–Crippen MR) is 105 cm³/mol. The monoisotopic (exact) mass is 391 g/mol. The minimum absolute atomic E-state index is 0.141. The number of hydrogen-bond donors (Lipinski definition) is 0. The number of carbonyl (C=O) groups excluding carboxylic acids is 1. The molecular weight excluding hydrogens is 374 g/mol. The molecule has 4 aromatic rings. The van der Waals surface area contributed by atoms with Gasteiger partial charge in [0.1, 0.15) is 0 Å². The van der Waals surface area contributed by atoms with E-state index >= 15 is 0 Å². The van der Waals surface area contributed by atoms with Crippen LogP contribution in [0.3, 0.4) is 0 Å². The number of aryl methyl sites for hydroxylation is 1. The molecule has 6 nitrogen and oxygen atoms in total. The molecule has 0 aliphatic carbocycles. The van der Waals surface area contributed by atoms with Gasteiger partial charge < -0.3 is 9.26 Å². The fourth-order valence-corrected chi connectivity index (χ4v) is 3.37. The molecule has 3 aromatic heterocycles. The van der Waals surface area contributed by atoms with E-state index in [0.717, 1.165) is 10.4 Å². The minimum atomic E-state index is -0.556. The van der Waals surface area contributed by atoms with Gasteiger partial charge in [0.15, 0.2) is 6.10 Å². The summed E-state index contributed by atoms with van der Waals surface area (Å²) in [7, 11) is 0. The van der Waals surface area contributed by atoms with Gasteiger partial charge in [0, 0.05) is 12.6 Å². The molecule has 140 valence electrons. The Kier molecular flexibility index (Phi) is 5.53. The zero-order valence-corrected chi connectivity index (χ0v) is 15.7. The van der Waals surface area contributed by atoms with E-state index in [2.05, 4.69) is 15.1 Å². The Labute approximate surface area is 165 Å². The number of hydrogen-bond acceptors (Lipinski definition) is 7. The van der Waals surface area contributed by atoms with Gasteiger partial charge in [0.25, 0.3) is 0 Å². The van der Waals surface area contributed by atoms with Crippen molar-refractivity contribution in [3.63, 3.8) is 0 Å². The second-order valence-electron chi connectivity index (χ2n) is 6.02. The summed E-state index contributed by atoms with van der Waals surface area (Å²) in [5.74, 6) is 0.596. The first kappa shape index (κ1) is 18.1. The highest BCUT2D eigenvalue weighted by Gasteiger charge is 2.20. The molecule has 0 aliphatic rings. The molecule has 0 unspecified atom stereocenters. The lowest BCUT2D eigenvalue weighted by molar-refractivity contribution is -0.147. The number of carbonyl (C=O) groups is 1. The molecule has 0 saturated carbocycles. The smallest absolute Gasteiger partial charge is 0.307 e. The minimum Gasteiger partial charge on any atom is -0.451 e. The topological polar surface area (TPSA) is 78.1 Å². The predicted octanol–water partition coefficient (Wildman–Crippen LogP) is 4.46. The van der Waals surface area contributed by atoms with Gasteiger partial charge in [-0.1, -0.05) is 47.6 Å². The van der Waals surface area contributed by atoms with Gasteiger partial charge in [-0.25, -0.2) is 0 Å². The fourth-order valence-electron chi connectivity index (χ4n) is 2.72. The van der Waals surface area contributed by atoms with Crippen molar-refractivity contribution in [1.82, 2.24) is 15.1 Å². The Balaban J connectivity index is 1.42. The zero-order valence-electron chi connectivity index (χ0n) is 14.9. The Hall–Kier alpha value is -3.32. The van der Waals surface area contributed by atoms with E-state index in [0.29, 0.717) is 23.8 Å². The maximum Gasteiger partial charge on any atom is 0.307 e. The van der Waals surface area contributed by atoms with Crippen LogP contribution in [0, 0.1) is 0 Å². The number of pyridine rings is 1. The van der Waals surface area contributed by atoms with E-state index in [1.807, 2.05) is 66.0 Å². The van der Waals surface area contributed by atoms with Crippen LogP contribution in [0.2, 0.25) is 0 Å². The Bertz CT molecular complexity index is 978. The second-order valence-corrected chi connectivity index (χ2v) is 6.97. The maximum absolute atomic E-state index is 12.5. The first-order chi connectivity index (χ1) is 13.8. The molecule has 28 heavy (non-hydrogen) atoms. The number of ether oxygens (including phenoxy) is 1. The van der Waals surface area contributed by atoms with Crippen LogP contribution >= 0.6 is 11.3 Å². The van der Waals surface area contributed by atoms with Crippen LogP contribution in [-0.4, -0.2) is 21.1 Å². The van der Waals surface area contributed by atoms with Gasteiger partial charge in [-0.05, 0) is 29.1 Å². The summed E-state index contributed by atoms with van der Waals surface area (Å²) >= 11 is 1.53. The average Bonchev–Trinajstić information content (AvgIpc) is 3.43. The SMILES string of the molecule is O=C(CCc1nc(-c2cccs2)no1)O[C@@H](c1ccccc1)c1ccccn1. The molecule has 0 bridgehead atoms. The number of benzene rings is 1. The van der Waals surface area contributed by atoms with Crippen molar-refractivity contribution in [3.8, 4) is 10.7 Å². The van der Waals surface area contributed by atoms with Gasteiger partial charge in [0.05, 0.1) is 17.0 Å². The summed E-state index contributed by atoms with van der Waals surface area (Å²) < 4.78 is 11.0. The lowest BCUT2D eigenvalue weighted by Crippen LogP contribution is -2.14. The molecule has 0 spiro atoms. The molecular formula is C21H17N3O3S. The number of aromatic nitrogens is 3. The summed E-state index contributed by atoms with van der Waals surface area (Å²) in [6.45, 7) is 0. The molecule has 0 amide bonds. The molecule has 1 aromatic carbocycles. The van der Waals surface area contributed by atoms with Crippen LogP contribution in [0.5, 0.6) is 0 Å². The van der Waals surface area contributed by atoms with E-state index in [9.17, 15) is 4.79 Å². The summed E-state index contributed by atoms with van der Waals surface area (Å²) in [4.78, 5) is 22.1. The standard InChI is InChI=1S/C21H17N3O3S/c25-19(12-11-18-23-21(24-27-18)17-10-6-14-28-17)26-20(15-7-2-1-3-8-15)16-9-4-5-13-22-16/h1-10,13-14,20H,11-12H2/t20-/m0/s1. The summed E-state index contributed by atoms with van der Waals surface area (Å²) in [5.41, 5.74) is 1.55. The Morgan fingerprint density at radius 3 is 2.68 bits per heavy atom. The number of thiophene rings is 1. The van der Waals surface area contributed by atoms with Gasteiger partial charge in [0.2, 0.25) is 11.7 Å². The molecule has 0 N–H and O–H groups in total. The molecule has 3 heterocycles. The van der Waals surface area contributed by atoms with Crippen molar-refractivity contribution < 1.29 is 14.1 Å². The van der Waals surface area contributed by atoms with Gasteiger partial charge in [-0.15, -0.1) is 11.3 Å². The van der Waals surface area contributed by atoms with Crippen LogP contribution in [0.1, 0.15) is 29.7 Å². The number of nitrogens with zero attached hydrogens (tertiary/aromatic N) is 3. The van der Waals surface area contributed by atoms with Gasteiger partial charge in [-0.3, -0.25) is 9.78 Å².